The van der Waals surface area contributed by atoms with E-state index in [-0.39, 0.29) is 24.9 Å². The number of ether oxygens (including phenoxy) is 3. The van der Waals surface area contributed by atoms with Crippen molar-refractivity contribution < 1.29 is 28.9 Å². The molecule has 1 unspecified atom stereocenters. The van der Waals surface area contributed by atoms with Crippen molar-refractivity contribution in [2.75, 3.05) is 33.9 Å². The third kappa shape index (κ3) is 4.63. The van der Waals surface area contributed by atoms with E-state index in [4.69, 9.17) is 19.3 Å². The molecule has 0 fully saturated rings. The summed E-state index contributed by atoms with van der Waals surface area (Å²) < 4.78 is 15.8. The lowest BCUT2D eigenvalue weighted by Gasteiger charge is -2.37. The monoisotopic (exact) mass is 351 g/mol. The molecule has 1 N–H and O–H groups in total. The number of carboxylic acids is 1. The number of esters is 1. The fraction of sp³-hybridized carbons (Fsp3) is 0.556. The van der Waals surface area contributed by atoms with Gasteiger partial charge >= 0.3 is 11.9 Å². The van der Waals surface area contributed by atoms with E-state index in [9.17, 15) is 9.59 Å². The molecule has 2 rings (SSSR count). The Morgan fingerprint density at radius 3 is 2.52 bits per heavy atom. The largest absolute Gasteiger partial charge is 0.493 e. The number of fused-ring (bicyclic) bond motifs is 1. The smallest absolute Gasteiger partial charge is 0.307 e. The van der Waals surface area contributed by atoms with Crippen LogP contribution in [-0.2, 0) is 20.7 Å². The van der Waals surface area contributed by atoms with E-state index in [0.717, 1.165) is 17.5 Å². The van der Waals surface area contributed by atoms with Gasteiger partial charge in [-0.25, -0.2) is 0 Å². The number of benzene rings is 1. The van der Waals surface area contributed by atoms with Crippen LogP contribution in [0.15, 0.2) is 12.1 Å². The molecule has 1 atom stereocenters. The van der Waals surface area contributed by atoms with Crippen molar-refractivity contribution in [3.05, 3.63) is 23.3 Å². The first-order valence-electron chi connectivity index (χ1n) is 8.36. The highest BCUT2D eigenvalue weighted by Gasteiger charge is 2.31. The van der Waals surface area contributed by atoms with Gasteiger partial charge in [-0.2, -0.15) is 0 Å². The molecule has 1 aliphatic heterocycles. The number of rotatable bonds is 8. The number of carbonyl (C=O) groups excluding carboxylic acids is 1. The fourth-order valence-corrected chi connectivity index (χ4v) is 3.20. The SMILES string of the molecule is CCOC(=O)CC1c2cc(OC)c(OC)cc2CCN1CCC(=O)O. The summed E-state index contributed by atoms with van der Waals surface area (Å²) in [5.41, 5.74) is 2.04. The summed E-state index contributed by atoms with van der Waals surface area (Å²) in [6.07, 6.45) is 0.965. The maximum Gasteiger partial charge on any atom is 0.307 e. The third-order valence-electron chi connectivity index (χ3n) is 4.39. The molecule has 1 aromatic carbocycles. The Hall–Kier alpha value is -2.28. The van der Waals surface area contributed by atoms with Crippen LogP contribution >= 0.6 is 0 Å². The zero-order valence-corrected chi connectivity index (χ0v) is 14.9. The van der Waals surface area contributed by atoms with E-state index in [0.29, 0.717) is 31.2 Å². The van der Waals surface area contributed by atoms with Crippen molar-refractivity contribution in [3.63, 3.8) is 0 Å². The predicted molar refractivity (Wildman–Crippen MR) is 91.1 cm³/mol. The van der Waals surface area contributed by atoms with Crippen molar-refractivity contribution in [1.82, 2.24) is 4.90 Å². The Morgan fingerprint density at radius 1 is 1.24 bits per heavy atom. The molecular formula is C18H25NO6. The molecular weight excluding hydrogens is 326 g/mol. The number of hydrogen-bond acceptors (Lipinski definition) is 6. The van der Waals surface area contributed by atoms with Gasteiger partial charge < -0.3 is 19.3 Å². The molecule has 1 aliphatic rings. The van der Waals surface area contributed by atoms with Gasteiger partial charge in [0.05, 0.1) is 33.7 Å². The van der Waals surface area contributed by atoms with E-state index in [1.165, 1.54) is 0 Å². The summed E-state index contributed by atoms with van der Waals surface area (Å²) in [7, 11) is 3.15. The molecule has 0 aliphatic carbocycles. The predicted octanol–water partition coefficient (Wildman–Crippen LogP) is 2.03. The van der Waals surface area contributed by atoms with Gasteiger partial charge in [0.1, 0.15) is 0 Å². The van der Waals surface area contributed by atoms with Crippen LogP contribution in [0.1, 0.15) is 36.9 Å². The standard InChI is InChI=1S/C18H25NO6/c1-4-25-18(22)11-14-13-10-16(24-3)15(23-2)9-12(13)5-7-19(14)8-6-17(20)21/h9-10,14H,4-8,11H2,1-3H3,(H,20,21). The van der Waals surface area contributed by atoms with E-state index >= 15 is 0 Å². The van der Waals surface area contributed by atoms with Crippen LogP contribution in [0.5, 0.6) is 11.5 Å². The first-order valence-corrected chi connectivity index (χ1v) is 8.36. The highest BCUT2D eigenvalue weighted by atomic mass is 16.5. The average Bonchev–Trinajstić information content (AvgIpc) is 2.59. The van der Waals surface area contributed by atoms with E-state index in [1.54, 1.807) is 21.1 Å². The Kier molecular flexibility index (Phi) is 6.64. The lowest BCUT2D eigenvalue weighted by atomic mass is 9.90. The molecule has 0 saturated carbocycles. The second-order valence-electron chi connectivity index (χ2n) is 5.86. The minimum absolute atomic E-state index is 0.0297. The van der Waals surface area contributed by atoms with Crippen molar-refractivity contribution >= 4 is 11.9 Å². The fourth-order valence-electron chi connectivity index (χ4n) is 3.20. The zero-order valence-electron chi connectivity index (χ0n) is 14.9. The molecule has 138 valence electrons. The van der Waals surface area contributed by atoms with E-state index < -0.39 is 5.97 Å². The molecule has 0 spiro atoms. The number of nitrogens with zero attached hydrogens (tertiary/aromatic N) is 1. The average molecular weight is 351 g/mol. The Labute approximate surface area is 147 Å². The maximum absolute atomic E-state index is 12.1. The van der Waals surface area contributed by atoms with Crippen molar-refractivity contribution in [1.29, 1.82) is 0 Å². The maximum atomic E-state index is 12.1. The lowest BCUT2D eigenvalue weighted by Crippen LogP contribution is -2.38. The minimum Gasteiger partial charge on any atom is -0.493 e. The van der Waals surface area contributed by atoms with E-state index in [1.807, 2.05) is 17.0 Å². The van der Waals surface area contributed by atoms with Gasteiger partial charge in [-0.3, -0.25) is 14.5 Å². The van der Waals surface area contributed by atoms with Gasteiger partial charge in [-0.15, -0.1) is 0 Å². The Balaban J connectivity index is 2.35. The first-order chi connectivity index (χ1) is 12.0. The van der Waals surface area contributed by atoms with Crippen LogP contribution in [0, 0.1) is 0 Å². The number of hydrogen-bond donors (Lipinski definition) is 1. The molecule has 0 radical (unpaired) electrons. The van der Waals surface area contributed by atoms with Gasteiger partial charge in [-0.1, -0.05) is 0 Å². The summed E-state index contributed by atoms with van der Waals surface area (Å²) in [5, 5.41) is 8.99. The Morgan fingerprint density at radius 2 is 1.92 bits per heavy atom. The van der Waals surface area contributed by atoms with Crippen LogP contribution < -0.4 is 9.47 Å². The van der Waals surface area contributed by atoms with Crippen LogP contribution in [0.3, 0.4) is 0 Å². The number of carboxylic acid groups (broad SMARTS) is 1. The third-order valence-corrected chi connectivity index (χ3v) is 4.39. The van der Waals surface area contributed by atoms with E-state index in [2.05, 4.69) is 0 Å². The van der Waals surface area contributed by atoms with Gasteiger partial charge in [-0.05, 0) is 36.6 Å². The normalized spacial score (nSPS) is 16.8. The van der Waals surface area contributed by atoms with Gasteiger partial charge in [0.15, 0.2) is 11.5 Å². The van der Waals surface area contributed by atoms with Gasteiger partial charge in [0.2, 0.25) is 0 Å². The topological polar surface area (TPSA) is 85.3 Å². The second-order valence-corrected chi connectivity index (χ2v) is 5.86. The number of carbonyl (C=O) groups is 2. The summed E-state index contributed by atoms with van der Waals surface area (Å²) >= 11 is 0. The van der Waals surface area contributed by atoms with Crippen molar-refractivity contribution in [3.8, 4) is 11.5 Å². The summed E-state index contributed by atoms with van der Waals surface area (Å²) in [4.78, 5) is 25.0. The quantitative estimate of drug-likeness (QED) is 0.717. The molecule has 0 bridgehead atoms. The number of aliphatic carboxylic acids is 1. The molecule has 7 nitrogen and oxygen atoms in total. The second kappa shape index (κ2) is 8.71. The van der Waals surface area contributed by atoms with Crippen LogP contribution in [-0.4, -0.2) is 55.9 Å². The van der Waals surface area contributed by atoms with Crippen molar-refractivity contribution in [2.45, 2.75) is 32.2 Å². The summed E-state index contributed by atoms with van der Waals surface area (Å²) in [6.45, 7) is 3.15. The molecule has 25 heavy (non-hydrogen) atoms. The van der Waals surface area contributed by atoms with Gasteiger partial charge in [0, 0.05) is 19.1 Å². The van der Waals surface area contributed by atoms with Gasteiger partial charge in [0.25, 0.3) is 0 Å². The van der Waals surface area contributed by atoms with Crippen LogP contribution in [0.4, 0.5) is 0 Å². The lowest BCUT2D eigenvalue weighted by molar-refractivity contribution is -0.144. The van der Waals surface area contributed by atoms with Crippen molar-refractivity contribution in [2.24, 2.45) is 0 Å². The Bertz CT molecular complexity index is 630. The zero-order chi connectivity index (χ0) is 18.4. The highest BCUT2D eigenvalue weighted by molar-refractivity contribution is 5.71. The van der Waals surface area contributed by atoms with Crippen LogP contribution in [0.2, 0.25) is 0 Å². The number of methoxy groups -OCH3 is 2. The summed E-state index contributed by atoms with van der Waals surface area (Å²) in [6, 6.07) is 3.58. The van der Waals surface area contributed by atoms with Crippen LogP contribution in [0.25, 0.3) is 0 Å². The minimum atomic E-state index is -0.854. The molecule has 1 heterocycles. The molecule has 0 saturated heterocycles. The highest BCUT2D eigenvalue weighted by Crippen LogP contribution is 2.39. The molecule has 1 aromatic rings. The molecule has 0 amide bonds. The first kappa shape index (κ1) is 19.1. The molecule has 0 aromatic heterocycles. The molecule has 7 heteroatoms. The summed E-state index contributed by atoms with van der Waals surface area (Å²) in [5.74, 6) is 0.0915.